The minimum Gasteiger partial charge on any atom is -0.377 e. The molecule has 1 unspecified atom stereocenters. The number of nitrogens with two attached hydrogens (primary N) is 1. The Morgan fingerprint density at radius 2 is 1.88 bits per heavy atom. The van der Waals surface area contributed by atoms with Crippen LogP contribution in [-0.2, 0) is 6.42 Å². The molecule has 1 aromatic rings. The zero-order valence-electron chi connectivity index (χ0n) is 9.55. The second-order valence-corrected chi connectivity index (χ2v) is 4.02. The Morgan fingerprint density at radius 1 is 1.29 bits per heavy atom. The van der Waals surface area contributed by atoms with Gasteiger partial charge in [0.05, 0.1) is 0 Å². The van der Waals surface area contributed by atoms with Gasteiger partial charge in [-0.05, 0) is 30.2 Å². The minimum atomic E-state index is -4.48. The van der Waals surface area contributed by atoms with Crippen molar-refractivity contribution in [2.75, 3.05) is 19.0 Å². The molecule has 1 aromatic carbocycles. The highest BCUT2D eigenvalue weighted by Crippen LogP contribution is 2.26. The van der Waals surface area contributed by atoms with E-state index in [1.54, 1.807) is 19.0 Å². The van der Waals surface area contributed by atoms with E-state index in [0.29, 0.717) is 5.69 Å². The average molecular weight is 250 g/mol. The Morgan fingerprint density at radius 3 is 2.35 bits per heavy atom. The van der Waals surface area contributed by atoms with Gasteiger partial charge in [0.2, 0.25) is 0 Å². The summed E-state index contributed by atoms with van der Waals surface area (Å²) < 4.78 is 50.0. The van der Waals surface area contributed by atoms with Crippen molar-refractivity contribution in [3.05, 3.63) is 29.6 Å². The molecule has 0 aromatic heterocycles. The van der Waals surface area contributed by atoms with Gasteiger partial charge in [0.25, 0.3) is 0 Å². The van der Waals surface area contributed by atoms with Crippen LogP contribution in [0.3, 0.4) is 0 Å². The Hall–Kier alpha value is -1.30. The van der Waals surface area contributed by atoms with Crippen LogP contribution in [0.5, 0.6) is 0 Å². The van der Waals surface area contributed by atoms with E-state index >= 15 is 0 Å². The van der Waals surface area contributed by atoms with Crippen LogP contribution in [0.15, 0.2) is 18.2 Å². The minimum absolute atomic E-state index is 0.250. The highest BCUT2D eigenvalue weighted by Gasteiger charge is 2.37. The first-order chi connectivity index (χ1) is 7.71. The fraction of sp³-hybridized carbons (Fsp3) is 0.455. The first-order valence-corrected chi connectivity index (χ1v) is 5.00. The largest absolute Gasteiger partial charge is 0.403 e. The zero-order valence-corrected chi connectivity index (χ0v) is 9.55. The summed E-state index contributed by atoms with van der Waals surface area (Å²) in [5, 5.41) is 0. The third kappa shape index (κ3) is 3.59. The van der Waals surface area contributed by atoms with E-state index in [1.165, 1.54) is 12.1 Å². The van der Waals surface area contributed by atoms with E-state index in [0.717, 1.165) is 6.07 Å². The van der Waals surface area contributed by atoms with Crippen LogP contribution in [0.1, 0.15) is 5.56 Å². The summed E-state index contributed by atoms with van der Waals surface area (Å²) in [4.78, 5) is 1.62. The number of halogens is 4. The Kier molecular flexibility index (Phi) is 3.98. The molecule has 2 nitrogen and oxygen atoms in total. The van der Waals surface area contributed by atoms with E-state index in [9.17, 15) is 17.6 Å². The van der Waals surface area contributed by atoms with Gasteiger partial charge in [0.15, 0.2) is 0 Å². The monoisotopic (exact) mass is 250 g/mol. The lowest BCUT2D eigenvalue weighted by atomic mass is 10.0. The average Bonchev–Trinajstić information content (AvgIpc) is 2.15. The standard InChI is InChI=1S/C11H14F4N2/c1-17(2)9-4-3-8(12)5-7(9)6-10(16)11(13,14)15/h3-5,10H,6,16H2,1-2H3. The second kappa shape index (κ2) is 4.91. The molecule has 96 valence electrons. The number of anilines is 1. The summed E-state index contributed by atoms with van der Waals surface area (Å²) >= 11 is 0. The fourth-order valence-corrected chi connectivity index (χ4v) is 1.51. The summed E-state index contributed by atoms with van der Waals surface area (Å²) in [6.45, 7) is 0. The van der Waals surface area contributed by atoms with E-state index in [1.807, 2.05) is 0 Å². The molecule has 2 N–H and O–H groups in total. The van der Waals surface area contributed by atoms with Gasteiger partial charge in [-0.1, -0.05) is 0 Å². The molecule has 0 spiro atoms. The lowest BCUT2D eigenvalue weighted by Gasteiger charge is -2.21. The predicted molar refractivity (Wildman–Crippen MR) is 58.5 cm³/mol. The van der Waals surface area contributed by atoms with Crippen molar-refractivity contribution in [2.45, 2.75) is 18.6 Å². The number of nitrogens with zero attached hydrogens (tertiary/aromatic N) is 1. The number of benzene rings is 1. The number of rotatable bonds is 3. The molecule has 0 saturated heterocycles. The van der Waals surface area contributed by atoms with Gasteiger partial charge in [-0.25, -0.2) is 4.39 Å². The molecule has 0 heterocycles. The van der Waals surface area contributed by atoms with Crippen LogP contribution in [0.2, 0.25) is 0 Å². The van der Waals surface area contributed by atoms with Crippen LogP contribution in [0.4, 0.5) is 23.2 Å². The Balaban J connectivity index is 3.00. The van der Waals surface area contributed by atoms with Gasteiger partial charge in [0.1, 0.15) is 11.9 Å². The molecule has 0 aliphatic carbocycles. The molecular formula is C11H14F4N2. The van der Waals surface area contributed by atoms with Gasteiger partial charge >= 0.3 is 6.18 Å². The highest BCUT2D eigenvalue weighted by atomic mass is 19.4. The normalized spacial score (nSPS) is 13.6. The van der Waals surface area contributed by atoms with Crippen LogP contribution < -0.4 is 10.6 Å². The quantitative estimate of drug-likeness (QED) is 0.834. The number of hydrogen-bond donors (Lipinski definition) is 1. The molecule has 6 heteroatoms. The van der Waals surface area contributed by atoms with Gasteiger partial charge in [0, 0.05) is 19.8 Å². The number of alkyl halides is 3. The molecular weight excluding hydrogens is 236 g/mol. The number of hydrogen-bond acceptors (Lipinski definition) is 2. The molecule has 0 fully saturated rings. The van der Waals surface area contributed by atoms with Crippen LogP contribution in [0, 0.1) is 5.82 Å². The third-order valence-corrected chi connectivity index (χ3v) is 2.38. The Labute approximate surface area is 97.0 Å². The lowest BCUT2D eigenvalue weighted by molar-refractivity contribution is -0.147. The van der Waals surface area contributed by atoms with Crippen molar-refractivity contribution >= 4 is 5.69 Å². The molecule has 17 heavy (non-hydrogen) atoms. The zero-order chi connectivity index (χ0) is 13.2. The van der Waals surface area contributed by atoms with Crippen molar-refractivity contribution in [3.8, 4) is 0 Å². The molecule has 1 atom stereocenters. The maximum Gasteiger partial charge on any atom is 0.403 e. The molecule has 0 amide bonds. The van der Waals surface area contributed by atoms with Gasteiger partial charge in [-0.3, -0.25) is 0 Å². The maximum absolute atomic E-state index is 13.0. The van der Waals surface area contributed by atoms with E-state index in [2.05, 4.69) is 0 Å². The van der Waals surface area contributed by atoms with Crippen LogP contribution in [-0.4, -0.2) is 26.3 Å². The van der Waals surface area contributed by atoms with Crippen molar-refractivity contribution in [1.29, 1.82) is 0 Å². The van der Waals surface area contributed by atoms with Gasteiger partial charge < -0.3 is 10.6 Å². The highest BCUT2D eigenvalue weighted by molar-refractivity contribution is 5.53. The topological polar surface area (TPSA) is 29.3 Å². The second-order valence-electron chi connectivity index (χ2n) is 4.02. The smallest absolute Gasteiger partial charge is 0.377 e. The molecule has 0 saturated carbocycles. The summed E-state index contributed by atoms with van der Waals surface area (Å²) in [5.74, 6) is -0.569. The first kappa shape index (κ1) is 13.8. The molecule has 0 aliphatic rings. The summed E-state index contributed by atoms with van der Waals surface area (Å²) in [6, 6.07) is 1.75. The molecule has 0 aliphatic heterocycles. The molecule has 0 bridgehead atoms. The van der Waals surface area contributed by atoms with E-state index in [4.69, 9.17) is 5.73 Å². The lowest BCUT2D eigenvalue weighted by Crippen LogP contribution is -2.39. The van der Waals surface area contributed by atoms with Crippen molar-refractivity contribution in [1.82, 2.24) is 0 Å². The van der Waals surface area contributed by atoms with Crippen molar-refractivity contribution in [2.24, 2.45) is 5.73 Å². The molecule has 0 radical (unpaired) electrons. The van der Waals surface area contributed by atoms with Gasteiger partial charge in [-0.2, -0.15) is 13.2 Å². The summed E-state index contributed by atoms with van der Waals surface area (Å²) in [7, 11) is 3.35. The van der Waals surface area contributed by atoms with Crippen LogP contribution >= 0.6 is 0 Å². The Bertz CT molecular complexity index is 388. The third-order valence-electron chi connectivity index (χ3n) is 2.38. The maximum atomic E-state index is 13.0. The fourth-order valence-electron chi connectivity index (χ4n) is 1.51. The van der Waals surface area contributed by atoms with Crippen molar-refractivity contribution < 1.29 is 17.6 Å². The summed E-state index contributed by atoms with van der Waals surface area (Å²) in [5.41, 5.74) is 5.82. The summed E-state index contributed by atoms with van der Waals surface area (Å²) in [6.07, 6.45) is -4.91. The first-order valence-electron chi connectivity index (χ1n) is 5.00. The van der Waals surface area contributed by atoms with E-state index < -0.39 is 24.5 Å². The van der Waals surface area contributed by atoms with Gasteiger partial charge in [-0.15, -0.1) is 0 Å². The van der Waals surface area contributed by atoms with E-state index in [-0.39, 0.29) is 5.56 Å². The van der Waals surface area contributed by atoms with Crippen LogP contribution in [0.25, 0.3) is 0 Å². The van der Waals surface area contributed by atoms with Crippen molar-refractivity contribution in [3.63, 3.8) is 0 Å². The SMILES string of the molecule is CN(C)c1ccc(F)cc1CC(N)C(F)(F)F. The predicted octanol–water partition coefficient (Wildman–Crippen LogP) is 2.32. The molecule has 1 rings (SSSR count).